The summed E-state index contributed by atoms with van der Waals surface area (Å²) in [6.07, 6.45) is 2.84. The van der Waals surface area contributed by atoms with Gasteiger partial charge in [0.2, 0.25) is 41.4 Å². The molecular formula is C49H78N6O11. The molecule has 0 spiro atoms. The maximum absolute atomic E-state index is 14.6. The number of amides is 7. The number of unbranched alkanes of at least 4 members (excludes halogenated alkanes) is 2. The van der Waals surface area contributed by atoms with Crippen LogP contribution in [0.2, 0.25) is 0 Å². The summed E-state index contributed by atoms with van der Waals surface area (Å²) in [7, 11) is 6.22. The van der Waals surface area contributed by atoms with Gasteiger partial charge in [0, 0.05) is 67.1 Å². The van der Waals surface area contributed by atoms with E-state index < -0.39 is 66.1 Å². The Labute approximate surface area is 392 Å². The molecule has 0 bridgehead atoms. The summed E-state index contributed by atoms with van der Waals surface area (Å²) >= 11 is 0. The number of aliphatic carboxylic acids is 1. The van der Waals surface area contributed by atoms with E-state index in [2.05, 4.69) is 10.6 Å². The minimum atomic E-state index is -1.16. The van der Waals surface area contributed by atoms with Gasteiger partial charge in [0.15, 0.2) is 0 Å². The van der Waals surface area contributed by atoms with Gasteiger partial charge in [-0.15, -0.1) is 0 Å². The number of likely N-dealkylation sites (N-methyl/N-ethyl adjacent to an activating group) is 2. The van der Waals surface area contributed by atoms with Gasteiger partial charge in [0.1, 0.15) is 18.1 Å². The number of likely N-dealkylation sites (tertiary alicyclic amines) is 2. The molecule has 2 saturated heterocycles. The van der Waals surface area contributed by atoms with Crippen LogP contribution in [0.3, 0.4) is 0 Å². The highest BCUT2D eigenvalue weighted by Gasteiger charge is 2.44. The second kappa shape index (κ2) is 26.4. The third-order valence-corrected chi connectivity index (χ3v) is 13.5. The van der Waals surface area contributed by atoms with Crippen LogP contribution in [-0.2, 0) is 54.3 Å². The highest BCUT2D eigenvalue weighted by molar-refractivity contribution is 6.01. The number of imide groups is 1. The molecule has 2 aliphatic heterocycles. The Kier molecular flexibility index (Phi) is 22.2. The van der Waals surface area contributed by atoms with Gasteiger partial charge < -0.3 is 39.9 Å². The molecule has 7 amide bonds. The number of carbonyl (C=O) groups excluding carboxylic acids is 7. The molecule has 3 rings (SSSR count). The first-order valence-corrected chi connectivity index (χ1v) is 23.8. The Morgan fingerprint density at radius 2 is 1.47 bits per heavy atom. The maximum atomic E-state index is 14.6. The van der Waals surface area contributed by atoms with E-state index in [1.165, 1.54) is 24.0 Å². The molecule has 17 nitrogen and oxygen atoms in total. The smallest absolute Gasteiger partial charge is 0.326 e. The number of hydrogen-bond acceptors (Lipinski definition) is 10. The fourth-order valence-corrected chi connectivity index (χ4v) is 9.48. The zero-order valence-corrected chi connectivity index (χ0v) is 41.2. The van der Waals surface area contributed by atoms with Crippen molar-refractivity contribution in [2.75, 3.05) is 41.4 Å². The highest BCUT2D eigenvalue weighted by atomic mass is 16.5. The van der Waals surface area contributed by atoms with E-state index in [1.807, 2.05) is 47.6 Å². The van der Waals surface area contributed by atoms with Gasteiger partial charge >= 0.3 is 5.97 Å². The van der Waals surface area contributed by atoms with Gasteiger partial charge in [-0.1, -0.05) is 91.6 Å². The summed E-state index contributed by atoms with van der Waals surface area (Å²) in [5.74, 6) is -4.83. The molecule has 2 aliphatic rings. The first-order chi connectivity index (χ1) is 31.2. The predicted molar refractivity (Wildman–Crippen MR) is 248 cm³/mol. The summed E-state index contributed by atoms with van der Waals surface area (Å²) in [4.78, 5) is 112. The van der Waals surface area contributed by atoms with Gasteiger partial charge in [-0.05, 0) is 49.0 Å². The number of rotatable bonds is 27. The molecule has 370 valence electrons. The van der Waals surface area contributed by atoms with E-state index >= 15 is 0 Å². The monoisotopic (exact) mass is 927 g/mol. The van der Waals surface area contributed by atoms with Crippen molar-refractivity contribution >= 4 is 47.3 Å². The lowest BCUT2D eigenvalue weighted by atomic mass is 9.89. The molecule has 0 saturated carbocycles. The highest BCUT2D eigenvalue weighted by Crippen LogP contribution is 2.30. The number of carbonyl (C=O) groups is 8. The van der Waals surface area contributed by atoms with Crippen molar-refractivity contribution in [3.63, 3.8) is 0 Å². The van der Waals surface area contributed by atoms with Crippen molar-refractivity contribution in [1.82, 2.24) is 30.2 Å². The third kappa shape index (κ3) is 14.8. The Hall–Kier alpha value is -4.90. The molecule has 66 heavy (non-hydrogen) atoms. The molecule has 2 fully saturated rings. The van der Waals surface area contributed by atoms with Crippen molar-refractivity contribution in [2.24, 2.45) is 23.7 Å². The van der Waals surface area contributed by atoms with Crippen LogP contribution in [0.15, 0.2) is 30.3 Å². The van der Waals surface area contributed by atoms with E-state index in [1.54, 1.807) is 55.1 Å². The molecule has 0 radical (unpaired) electrons. The largest absolute Gasteiger partial charge is 0.480 e. The van der Waals surface area contributed by atoms with Crippen LogP contribution in [0, 0.1) is 23.7 Å². The summed E-state index contributed by atoms with van der Waals surface area (Å²) in [5.41, 5.74) is 0.764. The molecule has 9 atom stereocenters. The van der Waals surface area contributed by atoms with Gasteiger partial charge in [-0.25, -0.2) is 4.79 Å². The average molecular weight is 927 g/mol. The van der Waals surface area contributed by atoms with E-state index in [0.717, 1.165) is 5.56 Å². The van der Waals surface area contributed by atoms with Crippen molar-refractivity contribution in [1.29, 1.82) is 0 Å². The summed E-state index contributed by atoms with van der Waals surface area (Å²) in [5, 5.41) is 15.6. The number of nitrogens with one attached hydrogen (secondary N) is 2. The molecule has 1 aromatic carbocycles. The average Bonchev–Trinajstić information content (AvgIpc) is 3.89. The number of ether oxygens (including phenoxy) is 2. The topological polar surface area (TPSA) is 212 Å². The van der Waals surface area contributed by atoms with Gasteiger partial charge in [-0.2, -0.15) is 0 Å². The third-order valence-electron chi connectivity index (χ3n) is 13.5. The lowest BCUT2D eigenvalue weighted by Gasteiger charge is -2.41. The standard InChI is InChI=1S/C49H78N6O11/c1-12-32(6)44(37(65-10)29-41(59)54-27-19-22-36(54)45(66-11)33(7)46(60)50-35(49(63)64)28-34-20-15-13-16-21-34)53(9)48(62)42(30(2)3)51-47(61)43(31(4)5)52(8)38(56)23-17-14-18-26-55-39(57)24-25-40(55)58/h13,15-16,20-21,30-33,35-37,42-45H,12,14,17-19,22-29H2,1-11H3,(H,50,60)(H,51,61)(H,63,64)/t32-,33+,35-,36-,37+,42-,43-,44-,45+/m0/s1. The van der Waals surface area contributed by atoms with Crippen LogP contribution >= 0.6 is 0 Å². The summed E-state index contributed by atoms with van der Waals surface area (Å²) in [6.45, 7) is 13.7. The minimum absolute atomic E-state index is 0.0790. The van der Waals surface area contributed by atoms with Crippen LogP contribution in [-0.4, -0.2) is 156 Å². The number of carboxylic acids is 1. The normalized spacial score (nSPS) is 18.9. The Balaban J connectivity index is 1.71. The summed E-state index contributed by atoms with van der Waals surface area (Å²) in [6, 6.07) is 4.99. The zero-order chi connectivity index (χ0) is 49.4. The number of hydrogen-bond donors (Lipinski definition) is 3. The molecule has 2 heterocycles. The zero-order valence-electron chi connectivity index (χ0n) is 41.2. The van der Waals surface area contributed by atoms with Crippen LogP contribution in [0.25, 0.3) is 0 Å². The predicted octanol–water partition coefficient (Wildman–Crippen LogP) is 4.05. The van der Waals surface area contributed by atoms with Crippen LogP contribution in [0.1, 0.15) is 118 Å². The number of methoxy groups -OCH3 is 2. The quantitative estimate of drug-likeness (QED) is 0.0846. The van der Waals surface area contributed by atoms with E-state index in [-0.39, 0.29) is 79.4 Å². The number of benzene rings is 1. The van der Waals surface area contributed by atoms with Gasteiger partial charge in [0.05, 0.1) is 36.6 Å². The van der Waals surface area contributed by atoms with Gasteiger partial charge in [-0.3, -0.25) is 38.5 Å². The van der Waals surface area contributed by atoms with E-state index in [4.69, 9.17) is 9.47 Å². The first kappa shape index (κ1) is 55.4. The second-order valence-corrected chi connectivity index (χ2v) is 18.9. The second-order valence-electron chi connectivity index (χ2n) is 18.9. The SMILES string of the molecule is CC[C@H](C)[C@@H]([C@@H](CC(=O)N1CCC[C@H]1[C@H](OC)[C@@H](C)C(=O)N[C@@H](Cc1ccccc1)C(=O)O)OC)N(C)C(=O)[C@@H](NC(=O)[C@H](C(C)C)N(C)C(=O)CCCCCN1C(=O)CCC1=O)C(C)C. The van der Waals surface area contributed by atoms with E-state index in [9.17, 15) is 43.5 Å². The number of carboxylic acid groups (broad SMARTS) is 1. The first-order valence-electron chi connectivity index (χ1n) is 23.8. The minimum Gasteiger partial charge on any atom is -0.480 e. The fourth-order valence-electron chi connectivity index (χ4n) is 9.48. The van der Waals surface area contributed by atoms with Crippen LogP contribution < -0.4 is 10.6 Å². The van der Waals surface area contributed by atoms with Crippen molar-refractivity contribution in [2.45, 2.75) is 162 Å². The van der Waals surface area contributed by atoms with Crippen molar-refractivity contribution in [3.8, 4) is 0 Å². The van der Waals surface area contributed by atoms with E-state index in [0.29, 0.717) is 51.6 Å². The fraction of sp³-hybridized carbons (Fsp3) is 0.714. The lowest BCUT2D eigenvalue weighted by molar-refractivity contribution is -0.149. The van der Waals surface area contributed by atoms with Gasteiger partial charge in [0.25, 0.3) is 0 Å². The maximum Gasteiger partial charge on any atom is 0.326 e. The van der Waals surface area contributed by atoms with Crippen LogP contribution in [0.5, 0.6) is 0 Å². The lowest BCUT2D eigenvalue weighted by Crippen LogP contribution is -2.60. The molecule has 0 unspecified atom stereocenters. The molecule has 0 aliphatic carbocycles. The Bertz CT molecular complexity index is 1790. The molecular weight excluding hydrogens is 849 g/mol. The Morgan fingerprint density at radius 3 is 2.02 bits per heavy atom. The molecule has 3 N–H and O–H groups in total. The van der Waals surface area contributed by atoms with Crippen molar-refractivity contribution in [3.05, 3.63) is 35.9 Å². The van der Waals surface area contributed by atoms with Crippen LogP contribution in [0.4, 0.5) is 0 Å². The molecule has 0 aromatic heterocycles. The Morgan fingerprint density at radius 1 is 0.833 bits per heavy atom. The molecule has 1 aromatic rings. The molecule has 17 heteroatoms. The van der Waals surface area contributed by atoms with Crippen molar-refractivity contribution < 1.29 is 52.9 Å². The summed E-state index contributed by atoms with van der Waals surface area (Å²) < 4.78 is 11.9. The number of nitrogens with zero attached hydrogens (tertiary/aromatic N) is 4.